The highest BCUT2D eigenvalue weighted by atomic mass is 16.7. The Hall–Kier alpha value is -1.32. The van der Waals surface area contributed by atoms with Gasteiger partial charge in [0, 0.05) is 11.8 Å². The average molecular weight is 340 g/mol. The van der Waals surface area contributed by atoms with Gasteiger partial charge in [0.2, 0.25) is 0 Å². The number of aryl methyl sites for hydroxylation is 1. The van der Waals surface area contributed by atoms with E-state index in [1.54, 1.807) is 18.3 Å². The summed E-state index contributed by atoms with van der Waals surface area (Å²) in [6.45, 7) is 3.88. The van der Waals surface area contributed by atoms with Crippen molar-refractivity contribution in [2.24, 2.45) is 11.3 Å². The summed E-state index contributed by atoms with van der Waals surface area (Å²) in [6, 6.07) is 6.64. The smallest absolute Gasteiger partial charge is 0.174 e. The third-order valence-electron chi connectivity index (χ3n) is 7.50. The Morgan fingerprint density at radius 2 is 1.96 bits per heavy atom. The topological polar surface area (TPSA) is 27.7 Å². The maximum atomic E-state index is 6.28. The Bertz CT molecular complexity index is 729. The van der Waals surface area contributed by atoms with Gasteiger partial charge in [-0.3, -0.25) is 0 Å². The Morgan fingerprint density at radius 3 is 2.72 bits per heavy atom. The lowest BCUT2D eigenvalue weighted by molar-refractivity contribution is -0.232. The highest BCUT2D eigenvalue weighted by molar-refractivity contribution is 5.75. The van der Waals surface area contributed by atoms with Crippen molar-refractivity contribution in [1.29, 1.82) is 0 Å². The highest BCUT2D eigenvalue weighted by Crippen LogP contribution is 2.65. The quantitative estimate of drug-likeness (QED) is 0.778. The largest absolute Gasteiger partial charge is 0.497 e. The number of allylic oxidation sites excluding steroid dienone is 2. The van der Waals surface area contributed by atoms with E-state index >= 15 is 0 Å². The zero-order valence-corrected chi connectivity index (χ0v) is 15.4. The van der Waals surface area contributed by atoms with Gasteiger partial charge < -0.3 is 14.2 Å². The Labute approximate surface area is 150 Å². The first kappa shape index (κ1) is 15.9. The second-order valence-corrected chi connectivity index (χ2v) is 8.08. The molecule has 0 unspecified atom stereocenters. The van der Waals surface area contributed by atoms with Crippen molar-refractivity contribution in [3.8, 4) is 5.75 Å². The summed E-state index contributed by atoms with van der Waals surface area (Å²) >= 11 is 0. The van der Waals surface area contributed by atoms with Crippen LogP contribution in [0.15, 0.2) is 23.8 Å². The third kappa shape index (κ3) is 2.00. The molecule has 4 aliphatic rings. The van der Waals surface area contributed by atoms with Gasteiger partial charge in [-0.05, 0) is 73.3 Å². The van der Waals surface area contributed by atoms with Crippen LogP contribution in [-0.2, 0) is 15.9 Å². The van der Waals surface area contributed by atoms with E-state index < -0.39 is 0 Å². The van der Waals surface area contributed by atoms with Crippen molar-refractivity contribution in [1.82, 2.24) is 0 Å². The van der Waals surface area contributed by atoms with Crippen LogP contribution in [0.3, 0.4) is 0 Å². The number of hydrogen-bond donors (Lipinski definition) is 0. The van der Waals surface area contributed by atoms with Crippen LogP contribution in [-0.4, -0.2) is 26.1 Å². The van der Waals surface area contributed by atoms with E-state index in [1.165, 1.54) is 30.4 Å². The SMILES string of the molecule is CC[C@]12CCC3=C(CCc4cc(OC)ccc43)[C@@H]1CCC21OCCO1. The van der Waals surface area contributed by atoms with Gasteiger partial charge in [-0.25, -0.2) is 0 Å². The minimum atomic E-state index is -0.300. The number of rotatable bonds is 2. The molecule has 0 N–H and O–H groups in total. The fourth-order valence-corrected chi connectivity index (χ4v) is 6.40. The fourth-order valence-electron chi connectivity index (χ4n) is 6.40. The van der Waals surface area contributed by atoms with Crippen LogP contribution in [0.4, 0.5) is 0 Å². The molecular weight excluding hydrogens is 312 g/mol. The standard InChI is InChI=1S/C22H28O3/c1-3-21-10-8-18-17-7-5-16(23-2)14-15(17)4-6-19(18)20(21)9-11-22(21)24-12-13-25-22/h5,7,14,20H,3-4,6,8-13H2,1-2H3/t20-,21-/m0/s1. The molecule has 1 aliphatic heterocycles. The molecule has 1 aromatic carbocycles. The van der Waals surface area contributed by atoms with E-state index in [9.17, 15) is 0 Å². The summed E-state index contributed by atoms with van der Waals surface area (Å²) < 4.78 is 18.0. The van der Waals surface area contributed by atoms with E-state index in [2.05, 4.69) is 25.1 Å². The fraction of sp³-hybridized carbons (Fsp3) is 0.636. The predicted molar refractivity (Wildman–Crippen MR) is 97.6 cm³/mol. The number of hydrogen-bond acceptors (Lipinski definition) is 3. The van der Waals surface area contributed by atoms with E-state index in [0.29, 0.717) is 5.92 Å². The highest BCUT2D eigenvalue weighted by Gasteiger charge is 2.64. The average Bonchev–Trinajstić information content (AvgIpc) is 3.27. The summed E-state index contributed by atoms with van der Waals surface area (Å²) in [5.74, 6) is 1.31. The molecule has 1 saturated heterocycles. The molecule has 2 fully saturated rings. The molecule has 25 heavy (non-hydrogen) atoms. The van der Waals surface area contributed by atoms with Crippen LogP contribution in [0.25, 0.3) is 5.57 Å². The maximum absolute atomic E-state index is 6.28. The van der Waals surface area contributed by atoms with Gasteiger partial charge in [-0.2, -0.15) is 0 Å². The molecule has 0 amide bonds. The summed E-state index contributed by atoms with van der Waals surface area (Å²) in [7, 11) is 1.75. The van der Waals surface area contributed by atoms with Crippen molar-refractivity contribution in [2.45, 2.75) is 57.7 Å². The number of methoxy groups -OCH3 is 1. The molecular formula is C22H28O3. The Kier molecular flexibility index (Phi) is 3.55. The van der Waals surface area contributed by atoms with Crippen molar-refractivity contribution in [3.63, 3.8) is 0 Å². The summed E-state index contributed by atoms with van der Waals surface area (Å²) in [5, 5.41) is 0. The predicted octanol–water partition coefficient (Wildman–Crippen LogP) is 4.74. The monoisotopic (exact) mass is 340 g/mol. The Balaban J connectivity index is 1.59. The van der Waals surface area contributed by atoms with Gasteiger partial charge in [0.15, 0.2) is 5.79 Å². The molecule has 0 radical (unpaired) electrons. The molecule has 3 nitrogen and oxygen atoms in total. The lowest BCUT2D eigenvalue weighted by atomic mass is 9.59. The lowest BCUT2D eigenvalue weighted by Crippen LogP contribution is -2.49. The maximum Gasteiger partial charge on any atom is 0.174 e. The van der Waals surface area contributed by atoms with E-state index in [1.807, 2.05) is 0 Å². The molecule has 1 aromatic rings. The number of fused-ring (bicyclic) bond motifs is 5. The molecule has 0 aromatic heterocycles. The molecule has 3 heteroatoms. The molecule has 1 saturated carbocycles. The molecule has 3 aliphatic carbocycles. The van der Waals surface area contributed by atoms with Crippen LogP contribution in [0.2, 0.25) is 0 Å². The normalized spacial score (nSPS) is 32.5. The van der Waals surface area contributed by atoms with Crippen molar-refractivity contribution in [3.05, 3.63) is 34.9 Å². The van der Waals surface area contributed by atoms with Gasteiger partial charge in [0.05, 0.1) is 20.3 Å². The molecule has 0 bridgehead atoms. The first-order chi connectivity index (χ1) is 12.2. The van der Waals surface area contributed by atoms with Gasteiger partial charge in [-0.1, -0.05) is 18.6 Å². The van der Waals surface area contributed by atoms with Gasteiger partial charge in [0.25, 0.3) is 0 Å². The summed E-state index contributed by atoms with van der Waals surface area (Å²) in [5.41, 5.74) is 6.45. The Morgan fingerprint density at radius 1 is 1.12 bits per heavy atom. The minimum Gasteiger partial charge on any atom is -0.497 e. The van der Waals surface area contributed by atoms with Crippen molar-refractivity contribution >= 4 is 5.57 Å². The first-order valence-corrected chi connectivity index (χ1v) is 9.90. The van der Waals surface area contributed by atoms with Gasteiger partial charge in [0.1, 0.15) is 5.75 Å². The zero-order chi connectivity index (χ0) is 17.1. The van der Waals surface area contributed by atoms with Crippen molar-refractivity contribution < 1.29 is 14.2 Å². The molecule has 2 atom stereocenters. The van der Waals surface area contributed by atoms with Gasteiger partial charge in [-0.15, -0.1) is 0 Å². The first-order valence-electron chi connectivity index (χ1n) is 9.90. The van der Waals surface area contributed by atoms with Crippen molar-refractivity contribution in [2.75, 3.05) is 20.3 Å². The van der Waals surface area contributed by atoms with E-state index in [4.69, 9.17) is 14.2 Å². The summed E-state index contributed by atoms with van der Waals surface area (Å²) in [4.78, 5) is 0. The lowest BCUT2D eigenvalue weighted by Gasteiger charge is -2.49. The van der Waals surface area contributed by atoms with Gasteiger partial charge >= 0.3 is 0 Å². The van der Waals surface area contributed by atoms with Crippen LogP contribution >= 0.6 is 0 Å². The van der Waals surface area contributed by atoms with Crippen LogP contribution in [0.5, 0.6) is 5.75 Å². The van der Waals surface area contributed by atoms with E-state index in [-0.39, 0.29) is 11.2 Å². The molecule has 134 valence electrons. The second-order valence-electron chi connectivity index (χ2n) is 8.08. The minimum absolute atomic E-state index is 0.187. The van der Waals surface area contributed by atoms with Crippen LogP contribution < -0.4 is 4.74 Å². The molecule has 1 spiro atoms. The number of ether oxygens (including phenoxy) is 3. The van der Waals surface area contributed by atoms with E-state index in [0.717, 1.165) is 44.6 Å². The molecule has 1 heterocycles. The second kappa shape index (κ2) is 5.59. The summed E-state index contributed by atoms with van der Waals surface area (Å²) in [6.07, 6.45) is 8.13. The zero-order valence-electron chi connectivity index (χ0n) is 15.4. The third-order valence-corrected chi connectivity index (χ3v) is 7.50. The van der Waals surface area contributed by atoms with Crippen LogP contribution in [0, 0.1) is 11.3 Å². The van der Waals surface area contributed by atoms with Crippen LogP contribution in [0.1, 0.15) is 56.6 Å². The number of benzene rings is 1. The molecule has 5 rings (SSSR count).